The van der Waals surface area contributed by atoms with Crippen LogP contribution in [0.25, 0.3) is 0 Å². The first-order valence-electron chi connectivity index (χ1n) is 12.5. The van der Waals surface area contributed by atoms with E-state index in [1.165, 1.54) is 4.90 Å². The fourth-order valence-electron chi connectivity index (χ4n) is 5.45. The highest BCUT2D eigenvalue weighted by molar-refractivity contribution is 6.07. The van der Waals surface area contributed by atoms with Crippen molar-refractivity contribution in [2.75, 3.05) is 13.2 Å². The molecule has 1 N–H and O–H groups in total. The predicted octanol–water partition coefficient (Wildman–Crippen LogP) is 5.76. The molecular formula is C25H30F6N2O4. The van der Waals surface area contributed by atoms with Crippen molar-refractivity contribution >= 4 is 11.9 Å². The summed E-state index contributed by atoms with van der Waals surface area (Å²) in [4.78, 5) is 26.4. The van der Waals surface area contributed by atoms with Crippen LogP contribution in [0, 0.1) is 5.92 Å². The van der Waals surface area contributed by atoms with Crippen molar-refractivity contribution in [3.05, 3.63) is 28.8 Å². The van der Waals surface area contributed by atoms with Gasteiger partial charge in [0.05, 0.1) is 13.2 Å². The number of carbonyl (C=O) groups excluding carboxylic acids is 2. The summed E-state index contributed by atoms with van der Waals surface area (Å²) < 4.78 is 92.2. The molecule has 0 radical (unpaired) electrons. The number of nitrogens with one attached hydrogen (secondary N) is 1. The number of ether oxygens (including phenoxy) is 2. The Balaban J connectivity index is 1.41. The van der Waals surface area contributed by atoms with Gasteiger partial charge in [0.2, 0.25) is 0 Å². The number of hydrogen-bond acceptors (Lipinski definition) is 4. The van der Waals surface area contributed by atoms with Crippen LogP contribution < -0.4 is 10.1 Å². The fourth-order valence-corrected chi connectivity index (χ4v) is 5.45. The quantitative estimate of drug-likeness (QED) is 0.248. The van der Waals surface area contributed by atoms with Gasteiger partial charge < -0.3 is 14.8 Å². The maximum Gasteiger partial charge on any atom is 0.430 e. The molecule has 1 unspecified atom stereocenters. The molecule has 2 fully saturated rings. The Kier molecular flexibility index (Phi) is 7.19. The largest absolute Gasteiger partial charge is 0.493 e. The van der Waals surface area contributed by atoms with Gasteiger partial charge in [-0.1, -0.05) is 25.8 Å². The molecule has 1 aromatic rings. The minimum Gasteiger partial charge on any atom is -0.493 e. The van der Waals surface area contributed by atoms with Crippen molar-refractivity contribution in [1.82, 2.24) is 10.2 Å². The monoisotopic (exact) mass is 536 g/mol. The van der Waals surface area contributed by atoms with Gasteiger partial charge >= 0.3 is 18.4 Å². The lowest BCUT2D eigenvalue weighted by molar-refractivity contribution is -0.385. The number of benzene rings is 1. The highest BCUT2D eigenvalue weighted by atomic mass is 19.4. The molecule has 3 amide bonds. The summed E-state index contributed by atoms with van der Waals surface area (Å²) in [5.74, 6) is 0.0909. The molecule has 0 aromatic heterocycles. The van der Waals surface area contributed by atoms with Crippen molar-refractivity contribution in [2.24, 2.45) is 5.92 Å². The van der Waals surface area contributed by atoms with Crippen molar-refractivity contribution < 1.29 is 45.4 Å². The second kappa shape index (κ2) is 9.67. The molecular weight excluding hydrogens is 506 g/mol. The maximum absolute atomic E-state index is 13.7. The molecule has 1 saturated carbocycles. The van der Waals surface area contributed by atoms with E-state index in [1.807, 2.05) is 0 Å². The van der Waals surface area contributed by atoms with Gasteiger partial charge in [-0.3, -0.25) is 9.69 Å². The summed E-state index contributed by atoms with van der Waals surface area (Å²) in [5, 5.41) is 2.81. The third kappa shape index (κ3) is 4.44. The van der Waals surface area contributed by atoms with Crippen molar-refractivity contribution in [3.63, 3.8) is 0 Å². The van der Waals surface area contributed by atoms with Crippen LogP contribution in [0.3, 0.4) is 0 Å². The normalized spacial score (nSPS) is 23.7. The number of imide groups is 1. The standard InChI is InChI=1S/C25H30F6N2O4/c1-3-7-16-17-14-37-23(24(26,27)28,25(29,30)31)18(17)10-11-19(16)36-13-5-4-12-33-20(34)22(2,32-21(33)35)15-8-6-9-15/h10-11,15H,3-9,12-14H2,1-2H3,(H,32,35). The van der Waals surface area contributed by atoms with E-state index in [4.69, 9.17) is 4.74 Å². The average molecular weight is 537 g/mol. The first-order chi connectivity index (χ1) is 17.3. The SMILES string of the molecule is CCCc1c(OCCCCN2C(=O)NC(C)(C3CCC3)C2=O)ccc2c1COC2(C(F)(F)F)C(F)(F)F. The molecule has 0 spiro atoms. The minimum absolute atomic E-state index is 0.115. The van der Waals surface area contributed by atoms with E-state index in [-0.39, 0.29) is 48.3 Å². The van der Waals surface area contributed by atoms with Gasteiger partial charge in [-0.2, -0.15) is 26.3 Å². The van der Waals surface area contributed by atoms with E-state index in [2.05, 4.69) is 10.1 Å². The summed E-state index contributed by atoms with van der Waals surface area (Å²) in [6.07, 6.45) is -7.00. The van der Waals surface area contributed by atoms with Crippen LogP contribution >= 0.6 is 0 Å². The number of rotatable bonds is 9. The lowest BCUT2D eigenvalue weighted by Gasteiger charge is -2.37. The Labute approximate surface area is 210 Å². The number of urea groups is 1. The zero-order valence-corrected chi connectivity index (χ0v) is 20.7. The highest BCUT2D eigenvalue weighted by Crippen LogP contribution is 2.58. The number of alkyl halides is 6. The summed E-state index contributed by atoms with van der Waals surface area (Å²) >= 11 is 0. The molecule has 3 aliphatic rings. The van der Waals surface area contributed by atoms with Crippen LogP contribution in [-0.2, 0) is 28.2 Å². The number of halogens is 6. The lowest BCUT2D eigenvalue weighted by atomic mass is 9.71. The van der Waals surface area contributed by atoms with E-state index in [1.54, 1.807) is 13.8 Å². The van der Waals surface area contributed by atoms with E-state index in [0.29, 0.717) is 19.3 Å². The Morgan fingerprint density at radius 2 is 1.78 bits per heavy atom. The number of fused-ring (bicyclic) bond motifs is 1. The molecule has 12 heteroatoms. The van der Waals surface area contributed by atoms with E-state index in [0.717, 1.165) is 31.4 Å². The highest BCUT2D eigenvalue weighted by Gasteiger charge is 2.75. The summed E-state index contributed by atoms with van der Waals surface area (Å²) in [7, 11) is 0. The zero-order chi connectivity index (χ0) is 27.2. The molecule has 1 atom stereocenters. The van der Waals surface area contributed by atoms with E-state index in [9.17, 15) is 35.9 Å². The lowest BCUT2D eigenvalue weighted by Crippen LogP contribution is -2.53. The Morgan fingerprint density at radius 3 is 2.35 bits per heavy atom. The Morgan fingerprint density at radius 1 is 1.11 bits per heavy atom. The van der Waals surface area contributed by atoms with Gasteiger partial charge in [0.1, 0.15) is 11.3 Å². The molecule has 1 aromatic carbocycles. The van der Waals surface area contributed by atoms with Crippen LogP contribution in [0.4, 0.5) is 31.1 Å². The molecule has 2 heterocycles. The summed E-state index contributed by atoms with van der Waals surface area (Å²) in [5.41, 5.74) is -6.08. The van der Waals surface area contributed by atoms with Crippen molar-refractivity contribution in [2.45, 2.75) is 88.9 Å². The van der Waals surface area contributed by atoms with Crippen molar-refractivity contribution in [3.8, 4) is 5.75 Å². The third-order valence-corrected chi connectivity index (χ3v) is 7.76. The topological polar surface area (TPSA) is 67.9 Å². The molecule has 37 heavy (non-hydrogen) atoms. The number of unbranched alkanes of at least 4 members (excludes halogenated alkanes) is 1. The van der Waals surface area contributed by atoms with Gasteiger partial charge in [-0.05, 0) is 56.6 Å². The van der Waals surface area contributed by atoms with Gasteiger partial charge in [-0.25, -0.2) is 4.79 Å². The predicted molar refractivity (Wildman–Crippen MR) is 120 cm³/mol. The summed E-state index contributed by atoms with van der Waals surface area (Å²) in [6.45, 7) is 2.99. The molecule has 0 bridgehead atoms. The Bertz CT molecular complexity index is 1040. The third-order valence-electron chi connectivity index (χ3n) is 7.76. The minimum atomic E-state index is -5.68. The second-order valence-electron chi connectivity index (χ2n) is 10.1. The fraction of sp³-hybridized carbons (Fsp3) is 0.680. The van der Waals surface area contributed by atoms with Crippen LogP contribution in [-0.4, -0.2) is 47.9 Å². The van der Waals surface area contributed by atoms with E-state index >= 15 is 0 Å². The second-order valence-corrected chi connectivity index (χ2v) is 10.1. The molecule has 1 aliphatic carbocycles. The van der Waals surface area contributed by atoms with Gasteiger partial charge in [0, 0.05) is 17.7 Å². The maximum atomic E-state index is 13.7. The average Bonchev–Trinajstić information content (AvgIpc) is 3.25. The smallest absolute Gasteiger partial charge is 0.430 e. The Hall–Kier alpha value is -2.50. The van der Waals surface area contributed by atoms with Crippen molar-refractivity contribution in [1.29, 1.82) is 0 Å². The first-order valence-corrected chi connectivity index (χ1v) is 12.5. The van der Waals surface area contributed by atoms with Crippen LogP contribution in [0.5, 0.6) is 5.75 Å². The van der Waals surface area contributed by atoms with Gasteiger partial charge in [0.25, 0.3) is 11.5 Å². The van der Waals surface area contributed by atoms with Crippen LogP contribution in [0.15, 0.2) is 12.1 Å². The number of nitrogens with zero attached hydrogens (tertiary/aromatic N) is 1. The molecule has 1 saturated heterocycles. The number of carbonyl (C=O) groups is 2. The first kappa shape index (κ1) is 27.5. The van der Waals surface area contributed by atoms with Crippen LogP contribution in [0.2, 0.25) is 0 Å². The zero-order valence-electron chi connectivity index (χ0n) is 20.7. The number of amides is 3. The molecule has 206 valence electrons. The molecule has 4 rings (SSSR count). The van der Waals surface area contributed by atoms with Gasteiger partial charge in [-0.15, -0.1) is 0 Å². The molecule has 6 nitrogen and oxygen atoms in total. The number of hydrogen-bond donors (Lipinski definition) is 1. The molecule has 2 aliphatic heterocycles. The van der Waals surface area contributed by atoms with Gasteiger partial charge in [0.15, 0.2) is 0 Å². The summed E-state index contributed by atoms with van der Waals surface area (Å²) in [6, 6.07) is 1.49. The van der Waals surface area contributed by atoms with E-state index < -0.39 is 41.7 Å². The van der Waals surface area contributed by atoms with Crippen LogP contribution in [0.1, 0.15) is 69.1 Å².